The van der Waals surface area contributed by atoms with Gasteiger partial charge in [0.25, 0.3) is 11.5 Å². The first-order valence-corrected chi connectivity index (χ1v) is 8.10. The number of hydrogen-bond acceptors (Lipinski definition) is 5. The summed E-state index contributed by atoms with van der Waals surface area (Å²) in [5.41, 5.74) is 6.39. The van der Waals surface area contributed by atoms with Crippen molar-refractivity contribution in [1.82, 2.24) is 9.55 Å². The Balaban J connectivity index is 1.65. The van der Waals surface area contributed by atoms with Gasteiger partial charge in [0.15, 0.2) is 0 Å². The lowest BCUT2D eigenvalue weighted by Crippen LogP contribution is -2.28. The number of nitrogens with zero attached hydrogens (tertiary/aromatic N) is 2. The van der Waals surface area contributed by atoms with Crippen molar-refractivity contribution in [3.8, 4) is 0 Å². The molecule has 2 amide bonds. The molecule has 3 N–H and O–H groups in total. The van der Waals surface area contributed by atoms with Gasteiger partial charge in [-0.05, 0) is 24.3 Å². The molecule has 0 spiro atoms. The molecular formula is C19H14N4O4. The Morgan fingerprint density at radius 1 is 1.11 bits per heavy atom. The normalized spacial score (nSPS) is 11.0. The molecule has 8 heteroatoms. The van der Waals surface area contributed by atoms with Crippen molar-refractivity contribution in [2.24, 2.45) is 5.73 Å². The minimum Gasteiger partial charge on any atom is -0.448 e. The number of benzene rings is 2. The quantitative estimate of drug-likeness (QED) is 0.574. The average Bonchev–Trinajstić information content (AvgIpc) is 3.04. The topological polar surface area (TPSA) is 120 Å². The molecule has 0 bridgehead atoms. The number of hydrogen-bond donors (Lipinski definition) is 2. The van der Waals surface area contributed by atoms with E-state index in [2.05, 4.69) is 10.3 Å². The molecule has 0 unspecified atom stereocenters. The van der Waals surface area contributed by atoms with Crippen LogP contribution in [0, 0.1) is 0 Å². The van der Waals surface area contributed by atoms with Crippen molar-refractivity contribution >= 4 is 39.6 Å². The fraction of sp³-hybridized carbons (Fsp3) is 0.0526. The third-order valence-electron chi connectivity index (χ3n) is 4.13. The van der Waals surface area contributed by atoms with E-state index in [9.17, 15) is 14.4 Å². The Bertz CT molecular complexity index is 1260. The lowest BCUT2D eigenvalue weighted by atomic mass is 10.1. The molecule has 134 valence electrons. The smallest absolute Gasteiger partial charge is 0.297 e. The molecule has 2 aromatic heterocycles. The zero-order valence-electron chi connectivity index (χ0n) is 14.0. The molecule has 0 atom stereocenters. The first-order valence-electron chi connectivity index (χ1n) is 8.10. The maximum Gasteiger partial charge on any atom is 0.297 e. The molecule has 0 saturated carbocycles. The maximum atomic E-state index is 12.6. The SMILES string of the molecule is NC(=O)c1ccccc1NC(=O)Cn1cnc2c(oc3ccccc32)c1=O. The summed E-state index contributed by atoms with van der Waals surface area (Å²) in [5, 5.41) is 3.32. The van der Waals surface area contributed by atoms with E-state index in [1.54, 1.807) is 30.3 Å². The summed E-state index contributed by atoms with van der Waals surface area (Å²) in [6, 6.07) is 13.5. The second kappa shape index (κ2) is 6.41. The van der Waals surface area contributed by atoms with Gasteiger partial charge >= 0.3 is 0 Å². The average molecular weight is 362 g/mol. The number of nitrogens with one attached hydrogen (secondary N) is 1. The van der Waals surface area contributed by atoms with E-state index < -0.39 is 17.4 Å². The van der Waals surface area contributed by atoms with Crippen molar-refractivity contribution in [3.05, 3.63) is 70.8 Å². The molecule has 27 heavy (non-hydrogen) atoms. The number of aromatic nitrogens is 2. The van der Waals surface area contributed by atoms with Crippen LogP contribution in [0.5, 0.6) is 0 Å². The summed E-state index contributed by atoms with van der Waals surface area (Å²) < 4.78 is 6.73. The number of carbonyl (C=O) groups is 2. The van der Waals surface area contributed by atoms with Gasteiger partial charge in [-0.15, -0.1) is 0 Å². The number of rotatable bonds is 4. The molecule has 0 radical (unpaired) electrons. The van der Waals surface area contributed by atoms with E-state index in [-0.39, 0.29) is 23.4 Å². The monoisotopic (exact) mass is 362 g/mol. The molecule has 8 nitrogen and oxygen atoms in total. The minimum atomic E-state index is -0.659. The van der Waals surface area contributed by atoms with Crippen LogP contribution >= 0.6 is 0 Å². The molecule has 2 heterocycles. The van der Waals surface area contributed by atoms with E-state index >= 15 is 0 Å². The van der Waals surface area contributed by atoms with Crippen LogP contribution < -0.4 is 16.6 Å². The van der Waals surface area contributed by atoms with Gasteiger partial charge < -0.3 is 15.5 Å². The lowest BCUT2D eigenvalue weighted by molar-refractivity contribution is -0.116. The van der Waals surface area contributed by atoms with Gasteiger partial charge in [0.05, 0.1) is 17.6 Å². The third-order valence-corrected chi connectivity index (χ3v) is 4.13. The first kappa shape index (κ1) is 16.5. The van der Waals surface area contributed by atoms with Crippen LogP contribution in [-0.2, 0) is 11.3 Å². The summed E-state index contributed by atoms with van der Waals surface area (Å²) >= 11 is 0. The summed E-state index contributed by atoms with van der Waals surface area (Å²) in [6.07, 6.45) is 1.30. The standard InChI is InChI=1S/C19H14N4O4/c20-18(25)11-5-1-3-7-13(11)22-15(24)9-23-10-21-16-12-6-2-4-8-14(12)27-17(16)19(23)26/h1-8,10H,9H2,(H2,20,25)(H,22,24). The summed E-state index contributed by atoms with van der Waals surface area (Å²) in [6.45, 7) is -0.286. The van der Waals surface area contributed by atoms with Crippen molar-refractivity contribution in [3.63, 3.8) is 0 Å². The highest BCUT2D eigenvalue weighted by Crippen LogP contribution is 2.24. The van der Waals surface area contributed by atoms with E-state index in [1.165, 1.54) is 12.4 Å². The van der Waals surface area contributed by atoms with Crippen LogP contribution in [0.25, 0.3) is 22.1 Å². The zero-order valence-corrected chi connectivity index (χ0v) is 14.0. The van der Waals surface area contributed by atoms with Crippen LogP contribution in [0.2, 0.25) is 0 Å². The highest BCUT2D eigenvalue weighted by atomic mass is 16.3. The fourth-order valence-corrected chi connectivity index (χ4v) is 2.88. The van der Waals surface area contributed by atoms with Gasteiger partial charge in [-0.3, -0.25) is 19.0 Å². The summed E-state index contributed by atoms with van der Waals surface area (Å²) in [4.78, 5) is 40.7. The Labute approximate surface area is 152 Å². The number of amides is 2. The Hall–Kier alpha value is -3.94. The van der Waals surface area contributed by atoms with Crippen molar-refractivity contribution < 1.29 is 14.0 Å². The van der Waals surface area contributed by atoms with E-state index in [0.717, 1.165) is 9.95 Å². The predicted octanol–water partition coefficient (Wildman–Crippen LogP) is 1.88. The van der Waals surface area contributed by atoms with Crippen LogP contribution in [-0.4, -0.2) is 21.4 Å². The molecule has 0 aliphatic carbocycles. The predicted molar refractivity (Wildman–Crippen MR) is 99.4 cm³/mol. The third kappa shape index (κ3) is 2.93. The Morgan fingerprint density at radius 2 is 1.85 bits per heavy atom. The van der Waals surface area contributed by atoms with Crippen LogP contribution in [0.1, 0.15) is 10.4 Å². The van der Waals surface area contributed by atoms with Gasteiger partial charge in [-0.25, -0.2) is 4.98 Å². The van der Waals surface area contributed by atoms with E-state index in [0.29, 0.717) is 11.1 Å². The number of furan rings is 1. The van der Waals surface area contributed by atoms with Gasteiger partial charge in [0.1, 0.15) is 17.6 Å². The van der Waals surface area contributed by atoms with Crippen LogP contribution in [0.3, 0.4) is 0 Å². The number of anilines is 1. The maximum absolute atomic E-state index is 12.6. The molecule has 4 rings (SSSR count). The van der Waals surface area contributed by atoms with Crippen molar-refractivity contribution in [2.75, 3.05) is 5.32 Å². The lowest BCUT2D eigenvalue weighted by Gasteiger charge is -2.09. The highest BCUT2D eigenvalue weighted by molar-refractivity contribution is 6.03. The molecule has 0 saturated heterocycles. The number of para-hydroxylation sites is 2. The van der Waals surface area contributed by atoms with Crippen molar-refractivity contribution in [1.29, 1.82) is 0 Å². The number of fused-ring (bicyclic) bond motifs is 3. The molecular weight excluding hydrogens is 348 g/mol. The van der Waals surface area contributed by atoms with Gasteiger partial charge in [-0.1, -0.05) is 24.3 Å². The zero-order chi connectivity index (χ0) is 19.0. The van der Waals surface area contributed by atoms with Crippen LogP contribution in [0.15, 0.2) is 64.1 Å². The minimum absolute atomic E-state index is 0.0871. The number of carbonyl (C=O) groups excluding carboxylic acids is 2. The van der Waals surface area contributed by atoms with E-state index in [1.807, 2.05) is 12.1 Å². The second-order valence-electron chi connectivity index (χ2n) is 5.91. The second-order valence-corrected chi connectivity index (χ2v) is 5.91. The number of nitrogens with two attached hydrogens (primary N) is 1. The largest absolute Gasteiger partial charge is 0.448 e. The summed E-state index contributed by atoms with van der Waals surface area (Å²) in [7, 11) is 0. The van der Waals surface area contributed by atoms with Gasteiger partial charge in [0.2, 0.25) is 11.5 Å². The molecule has 0 fully saturated rings. The molecule has 2 aromatic carbocycles. The highest BCUT2D eigenvalue weighted by Gasteiger charge is 2.15. The van der Waals surface area contributed by atoms with Gasteiger partial charge in [-0.2, -0.15) is 0 Å². The molecule has 0 aliphatic heterocycles. The van der Waals surface area contributed by atoms with Crippen molar-refractivity contribution in [2.45, 2.75) is 6.54 Å². The number of primary amides is 1. The van der Waals surface area contributed by atoms with Gasteiger partial charge in [0, 0.05) is 5.39 Å². The molecule has 4 aromatic rings. The van der Waals surface area contributed by atoms with E-state index in [4.69, 9.17) is 10.2 Å². The van der Waals surface area contributed by atoms with Crippen LogP contribution in [0.4, 0.5) is 5.69 Å². The first-order chi connectivity index (χ1) is 13.0. The molecule has 0 aliphatic rings. The fourth-order valence-electron chi connectivity index (χ4n) is 2.88. The Kier molecular flexibility index (Phi) is 3.92. The Morgan fingerprint density at radius 3 is 2.67 bits per heavy atom. The summed E-state index contributed by atoms with van der Waals surface area (Å²) in [5.74, 6) is -1.16.